The van der Waals surface area contributed by atoms with Gasteiger partial charge in [-0.3, -0.25) is 0 Å². The van der Waals surface area contributed by atoms with Crippen LogP contribution in [0.1, 0.15) is 25.3 Å². The molecule has 21 heavy (non-hydrogen) atoms. The molecule has 0 spiro atoms. The van der Waals surface area contributed by atoms with Crippen molar-refractivity contribution >= 4 is 6.01 Å². The number of nitrogens with one attached hydrogen (secondary N) is 2. The van der Waals surface area contributed by atoms with E-state index in [9.17, 15) is 0 Å². The molecule has 6 nitrogen and oxygen atoms in total. The third kappa shape index (κ3) is 4.75. The fourth-order valence-electron chi connectivity index (χ4n) is 1.90. The van der Waals surface area contributed by atoms with Crippen LogP contribution in [0.15, 0.2) is 28.7 Å². The van der Waals surface area contributed by atoms with Crippen molar-refractivity contribution in [3.8, 4) is 5.75 Å². The standard InChI is InChI=1S/C15H22N4O2/c1-11(2)17-10-14-18-19-15(21-14)16-9-8-12-6-4-5-7-13(12)20-3/h4-7,11,17H,8-10H2,1-3H3,(H,16,19). The molecule has 1 aromatic heterocycles. The van der Waals surface area contributed by atoms with Gasteiger partial charge in [-0.2, -0.15) is 0 Å². The molecule has 0 atom stereocenters. The van der Waals surface area contributed by atoms with E-state index in [4.69, 9.17) is 9.15 Å². The van der Waals surface area contributed by atoms with Gasteiger partial charge < -0.3 is 19.8 Å². The molecule has 0 saturated heterocycles. The molecule has 6 heteroatoms. The molecule has 0 amide bonds. The van der Waals surface area contributed by atoms with E-state index < -0.39 is 0 Å². The summed E-state index contributed by atoms with van der Waals surface area (Å²) in [5.41, 5.74) is 1.15. The molecule has 0 saturated carbocycles. The highest BCUT2D eigenvalue weighted by Gasteiger charge is 2.06. The summed E-state index contributed by atoms with van der Waals surface area (Å²) in [6.45, 7) is 5.43. The first-order valence-corrected chi connectivity index (χ1v) is 7.10. The van der Waals surface area contributed by atoms with Crippen molar-refractivity contribution in [1.82, 2.24) is 15.5 Å². The lowest BCUT2D eigenvalue weighted by molar-refractivity contribution is 0.410. The number of rotatable bonds is 8. The predicted octanol–water partition coefficient (Wildman–Crippen LogP) is 2.23. The SMILES string of the molecule is COc1ccccc1CCNc1nnc(CNC(C)C)o1. The number of nitrogens with zero attached hydrogens (tertiary/aromatic N) is 2. The van der Waals surface area contributed by atoms with Crippen LogP contribution in [0.25, 0.3) is 0 Å². The number of methoxy groups -OCH3 is 1. The summed E-state index contributed by atoms with van der Waals surface area (Å²) in [4.78, 5) is 0. The van der Waals surface area contributed by atoms with Gasteiger partial charge in [0.25, 0.3) is 0 Å². The highest BCUT2D eigenvalue weighted by molar-refractivity contribution is 5.34. The fourth-order valence-corrected chi connectivity index (χ4v) is 1.90. The van der Waals surface area contributed by atoms with E-state index in [-0.39, 0.29) is 0 Å². The number of para-hydroxylation sites is 1. The van der Waals surface area contributed by atoms with Crippen LogP contribution in [0, 0.1) is 0 Å². The van der Waals surface area contributed by atoms with Crippen molar-refractivity contribution < 1.29 is 9.15 Å². The average molecular weight is 290 g/mol. The first-order chi connectivity index (χ1) is 10.2. The van der Waals surface area contributed by atoms with Gasteiger partial charge in [0.2, 0.25) is 5.89 Å². The molecule has 0 radical (unpaired) electrons. The zero-order chi connectivity index (χ0) is 15.1. The monoisotopic (exact) mass is 290 g/mol. The molecule has 0 aliphatic heterocycles. The third-order valence-electron chi connectivity index (χ3n) is 2.99. The minimum Gasteiger partial charge on any atom is -0.496 e. The van der Waals surface area contributed by atoms with Gasteiger partial charge in [0, 0.05) is 12.6 Å². The number of aromatic nitrogens is 2. The smallest absolute Gasteiger partial charge is 0.315 e. The maximum absolute atomic E-state index is 5.50. The quantitative estimate of drug-likeness (QED) is 0.777. The summed E-state index contributed by atoms with van der Waals surface area (Å²) in [7, 11) is 1.68. The summed E-state index contributed by atoms with van der Waals surface area (Å²) in [6, 6.07) is 8.80. The second-order valence-corrected chi connectivity index (χ2v) is 5.03. The predicted molar refractivity (Wildman–Crippen MR) is 81.5 cm³/mol. The number of hydrogen-bond donors (Lipinski definition) is 2. The van der Waals surface area contributed by atoms with Crippen molar-refractivity contribution in [3.05, 3.63) is 35.7 Å². The molecule has 0 unspecified atom stereocenters. The van der Waals surface area contributed by atoms with E-state index in [1.54, 1.807) is 7.11 Å². The van der Waals surface area contributed by atoms with Crippen molar-refractivity contribution in [2.45, 2.75) is 32.9 Å². The van der Waals surface area contributed by atoms with Gasteiger partial charge in [-0.1, -0.05) is 37.1 Å². The van der Waals surface area contributed by atoms with Gasteiger partial charge in [-0.25, -0.2) is 0 Å². The molecular weight excluding hydrogens is 268 g/mol. The Morgan fingerprint density at radius 1 is 1.24 bits per heavy atom. The third-order valence-corrected chi connectivity index (χ3v) is 2.99. The Balaban J connectivity index is 1.81. The first-order valence-electron chi connectivity index (χ1n) is 7.10. The van der Waals surface area contributed by atoms with Gasteiger partial charge in [0.05, 0.1) is 13.7 Å². The Morgan fingerprint density at radius 3 is 2.81 bits per heavy atom. The maximum Gasteiger partial charge on any atom is 0.315 e. The summed E-state index contributed by atoms with van der Waals surface area (Å²) in [5, 5.41) is 14.3. The van der Waals surface area contributed by atoms with Crippen LogP contribution in [0.3, 0.4) is 0 Å². The van der Waals surface area contributed by atoms with Crippen LogP contribution >= 0.6 is 0 Å². The minimum absolute atomic E-state index is 0.388. The second-order valence-electron chi connectivity index (χ2n) is 5.03. The largest absolute Gasteiger partial charge is 0.496 e. The lowest BCUT2D eigenvalue weighted by Gasteiger charge is -2.07. The summed E-state index contributed by atoms with van der Waals surface area (Å²) in [5.74, 6) is 1.48. The van der Waals surface area contributed by atoms with E-state index in [1.165, 1.54) is 0 Å². The van der Waals surface area contributed by atoms with Crippen LogP contribution in [0.2, 0.25) is 0 Å². The number of benzene rings is 1. The Morgan fingerprint density at radius 2 is 2.05 bits per heavy atom. The Bertz CT molecular complexity index is 554. The maximum atomic E-state index is 5.50. The topological polar surface area (TPSA) is 72.2 Å². The van der Waals surface area contributed by atoms with E-state index >= 15 is 0 Å². The van der Waals surface area contributed by atoms with Crippen molar-refractivity contribution in [2.24, 2.45) is 0 Å². The van der Waals surface area contributed by atoms with E-state index in [0.29, 0.717) is 31.0 Å². The van der Waals surface area contributed by atoms with Crippen LogP contribution in [0.5, 0.6) is 5.75 Å². The summed E-state index contributed by atoms with van der Waals surface area (Å²) >= 11 is 0. The highest BCUT2D eigenvalue weighted by atomic mass is 16.5. The minimum atomic E-state index is 0.388. The molecule has 0 aliphatic carbocycles. The Hall–Kier alpha value is -2.08. The molecule has 2 aromatic rings. The van der Waals surface area contributed by atoms with E-state index in [1.807, 2.05) is 24.3 Å². The Labute approximate surface area is 124 Å². The van der Waals surface area contributed by atoms with Crippen molar-refractivity contribution in [1.29, 1.82) is 0 Å². The number of hydrogen-bond acceptors (Lipinski definition) is 6. The van der Waals surface area contributed by atoms with Crippen LogP contribution in [-0.2, 0) is 13.0 Å². The van der Waals surface area contributed by atoms with Gasteiger partial charge in [0.1, 0.15) is 5.75 Å². The lowest BCUT2D eigenvalue weighted by Crippen LogP contribution is -2.21. The van der Waals surface area contributed by atoms with Crippen molar-refractivity contribution in [2.75, 3.05) is 19.0 Å². The van der Waals surface area contributed by atoms with Crippen molar-refractivity contribution in [3.63, 3.8) is 0 Å². The average Bonchev–Trinajstić information content (AvgIpc) is 2.93. The zero-order valence-corrected chi connectivity index (χ0v) is 12.7. The lowest BCUT2D eigenvalue weighted by atomic mass is 10.1. The molecule has 2 rings (SSSR count). The molecular formula is C15H22N4O2. The number of anilines is 1. The summed E-state index contributed by atoms with van der Waals surface area (Å²) in [6.07, 6.45) is 0.825. The molecule has 0 bridgehead atoms. The highest BCUT2D eigenvalue weighted by Crippen LogP contribution is 2.17. The van der Waals surface area contributed by atoms with Crippen LogP contribution < -0.4 is 15.4 Å². The molecule has 1 aromatic carbocycles. The second kappa shape index (κ2) is 7.64. The number of ether oxygens (including phenoxy) is 1. The molecule has 0 aliphatic rings. The Kier molecular flexibility index (Phi) is 5.57. The van der Waals surface area contributed by atoms with Gasteiger partial charge in [0.15, 0.2) is 0 Å². The summed E-state index contributed by atoms with van der Waals surface area (Å²) < 4.78 is 10.8. The van der Waals surface area contributed by atoms with Gasteiger partial charge >= 0.3 is 6.01 Å². The molecule has 2 N–H and O–H groups in total. The first kappa shape index (κ1) is 15.3. The van der Waals surface area contributed by atoms with Gasteiger partial charge in [-0.15, -0.1) is 5.10 Å². The van der Waals surface area contributed by atoms with E-state index in [2.05, 4.69) is 34.7 Å². The fraction of sp³-hybridized carbons (Fsp3) is 0.467. The van der Waals surface area contributed by atoms with E-state index in [0.717, 1.165) is 17.7 Å². The van der Waals surface area contributed by atoms with Crippen LogP contribution in [-0.4, -0.2) is 29.9 Å². The van der Waals surface area contributed by atoms with Gasteiger partial charge in [-0.05, 0) is 18.1 Å². The molecule has 1 heterocycles. The van der Waals surface area contributed by atoms with Crippen LogP contribution in [0.4, 0.5) is 6.01 Å². The zero-order valence-electron chi connectivity index (χ0n) is 12.7. The molecule has 114 valence electrons. The normalized spacial score (nSPS) is 10.9. The molecule has 0 fully saturated rings.